The van der Waals surface area contributed by atoms with E-state index in [1.807, 2.05) is 0 Å². The third-order valence-corrected chi connectivity index (χ3v) is 3.17. The van der Waals surface area contributed by atoms with Crippen LogP contribution in [0.2, 0.25) is 0 Å². The van der Waals surface area contributed by atoms with Gasteiger partial charge >= 0.3 is 0 Å². The molecule has 4 nitrogen and oxygen atoms in total. The molecule has 2 aliphatic rings. The number of carbonyl (C=O) groups excluding carboxylic acids is 1. The molecule has 2 atom stereocenters. The number of carbonyl (C=O) groups is 1. The van der Waals surface area contributed by atoms with Gasteiger partial charge < -0.3 is 5.73 Å². The van der Waals surface area contributed by atoms with Gasteiger partial charge in [-0.15, -0.1) is 0 Å². The number of fused-ring (bicyclic) bond motifs is 3. The van der Waals surface area contributed by atoms with E-state index in [2.05, 4.69) is 10.2 Å². The summed E-state index contributed by atoms with van der Waals surface area (Å²) < 4.78 is 0. The highest BCUT2D eigenvalue weighted by Crippen LogP contribution is 2.54. The molecule has 1 fully saturated rings. The summed E-state index contributed by atoms with van der Waals surface area (Å²) in [5.41, 5.74) is 7.96. The summed E-state index contributed by atoms with van der Waals surface area (Å²) in [5, 5.41) is 6.89. The Hall–Kier alpha value is -1.32. The van der Waals surface area contributed by atoms with Crippen LogP contribution in [0, 0.1) is 5.92 Å². The van der Waals surface area contributed by atoms with Crippen molar-refractivity contribution in [1.82, 2.24) is 10.2 Å². The number of aromatic nitrogens is 2. The molecule has 68 valence electrons. The van der Waals surface area contributed by atoms with E-state index in [-0.39, 0.29) is 0 Å². The summed E-state index contributed by atoms with van der Waals surface area (Å²) in [7, 11) is 0. The summed E-state index contributed by atoms with van der Waals surface area (Å²) in [4.78, 5) is 11.0. The summed E-state index contributed by atoms with van der Waals surface area (Å²) in [6, 6.07) is 0. The Morgan fingerprint density at radius 1 is 1.62 bits per heavy atom. The number of nitrogens with two attached hydrogens (primary N) is 1. The molecular weight excluding hydrogens is 166 g/mol. The highest BCUT2D eigenvalue weighted by atomic mass is 16.1. The maximum absolute atomic E-state index is 11.0. The zero-order chi connectivity index (χ0) is 9.00. The topological polar surface area (TPSA) is 71.8 Å². The first kappa shape index (κ1) is 7.12. The molecule has 1 heterocycles. The van der Waals surface area contributed by atoms with Gasteiger partial charge in [-0.1, -0.05) is 0 Å². The fourth-order valence-corrected chi connectivity index (χ4v) is 2.41. The van der Waals surface area contributed by atoms with E-state index in [4.69, 9.17) is 5.73 Å². The second kappa shape index (κ2) is 2.13. The molecule has 1 amide bonds. The number of amides is 1. The Morgan fingerprint density at radius 2 is 2.46 bits per heavy atom. The van der Waals surface area contributed by atoms with Crippen molar-refractivity contribution in [3.05, 3.63) is 17.0 Å². The Morgan fingerprint density at radius 3 is 3.23 bits per heavy atom. The van der Waals surface area contributed by atoms with Gasteiger partial charge in [0.25, 0.3) is 5.91 Å². The number of aromatic amines is 1. The van der Waals surface area contributed by atoms with Crippen molar-refractivity contribution in [1.29, 1.82) is 0 Å². The van der Waals surface area contributed by atoms with Gasteiger partial charge in [-0.3, -0.25) is 9.89 Å². The molecule has 1 aromatic heterocycles. The highest BCUT2D eigenvalue weighted by Gasteiger charge is 2.45. The van der Waals surface area contributed by atoms with Gasteiger partial charge in [0.1, 0.15) is 0 Å². The molecule has 3 rings (SSSR count). The zero-order valence-electron chi connectivity index (χ0n) is 7.21. The first-order valence-corrected chi connectivity index (χ1v) is 4.64. The van der Waals surface area contributed by atoms with Crippen LogP contribution in [0.5, 0.6) is 0 Å². The Kier molecular flexibility index (Phi) is 1.17. The van der Waals surface area contributed by atoms with Crippen molar-refractivity contribution in [3.63, 3.8) is 0 Å². The number of hydrogen-bond donors (Lipinski definition) is 2. The van der Waals surface area contributed by atoms with Gasteiger partial charge in [0.05, 0.1) is 0 Å². The monoisotopic (exact) mass is 177 g/mol. The van der Waals surface area contributed by atoms with Crippen LogP contribution >= 0.6 is 0 Å². The summed E-state index contributed by atoms with van der Waals surface area (Å²) >= 11 is 0. The van der Waals surface area contributed by atoms with Crippen LogP contribution in [-0.2, 0) is 6.42 Å². The maximum Gasteiger partial charge on any atom is 0.269 e. The van der Waals surface area contributed by atoms with Gasteiger partial charge in [-0.05, 0) is 31.1 Å². The number of hydrogen-bond acceptors (Lipinski definition) is 2. The predicted octanol–water partition coefficient (Wildman–Crippen LogP) is 0.558. The first-order chi connectivity index (χ1) is 6.27. The van der Waals surface area contributed by atoms with Crippen molar-refractivity contribution in [2.75, 3.05) is 0 Å². The molecule has 13 heavy (non-hydrogen) atoms. The van der Waals surface area contributed by atoms with Crippen LogP contribution < -0.4 is 5.73 Å². The van der Waals surface area contributed by atoms with E-state index in [9.17, 15) is 4.79 Å². The highest BCUT2D eigenvalue weighted by molar-refractivity contribution is 5.93. The van der Waals surface area contributed by atoms with Crippen LogP contribution in [0.4, 0.5) is 0 Å². The van der Waals surface area contributed by atoms with Gasteiger partial charge in [-0.2, -0.15) is 5.10 Å². The zero-order valence-corrected chi connectivity index (χ0v) is 7.21. The van der Waals surface area contributed by atoms with Crippen molar-refractivity contribution < 1.29 is 4.79 Å². The van der Waals surface area contributed by atoms with E-state index in [1.54, 1.807) is 0 Å². The number of primary amides is 1. The number of aryl methyl sites for hydroxylation is 1. The van der Waals surface area contributed by atoms with E-state index < -0.39 is 5.91 Å². The van der Waals surface area contributed by atoms with Crippen LogP contribution in [0.3, 0.4) is 0 Å². The van der Waals surface area contributed by atoms with Crippen molar-refractivity contribution in [2.24, 2.45) is 11.7 Å². The number of nitrogens with zero attached hydrogens (tertiary/aromatic N) is 1. The third-order valence-electron chi connectivity index (χ3n) is 3.17. The lowest BCUT2D eigenvalue weighted by atomic mass is 9.96. The molecule has 2 unspecified atom stereocenters. The average molecular weight is 177 g/mol. The summed E-state index contributed by atoms with van der Waals surface area (Å²) in [6.45, 7) is 0. The van der Waals surface area contributed by atoms with Crippen LogP contribution in [-0.4, -0.2) is 16.1 Å². The fraction of sp³-hybridized carbons (Fsp3) is 0.556. The van der Waals surface area contributed by atoms with E-state index in [0.717, 1.165) is 23.6 Å². The molecule has 0 aromatic carbocycles. The van der Waals surface area contributed by atoms with E-state index in [0.29, 0.717) is 11.6 Å². The van der Waals surface area contributed by atoms with Crippen LogP contribution in [0.15, 0.2) is 0 Å². The standard InChI is InChI=1S/C9H11N3O/c10-9(13)8-7-5-3-4(5)1-2-6(7)11-12-8/h4-5H,1-3H2,(H2,10,13)(H,11,12). The molecule has 0 bridgehead atoms. The predicted molar refractivity (Wildman–Crippen MR) is 46.3 cm³/mol. The number of H-pyrrole nitrogens is 1. The molecule has 0 radical (unpaired) electrons. The maximum atomic E-state index is 11.0. The lowest BCUT2D eigenvalue weighted by Gasteiger charge is -2.08. The van der Waals surface area contributed by atoms with Gasteiger partial charge in [-0.25, -0.2) is 0 Å². The fourth-order valence-electron chi connectivity index (χ4n) is 2.41. The molecule has 1 aromatic rings. The largest absolute Gasteiger partial charge is 0.364 e. The van der Waals surface area contributed by atoms with Gasteiger partial charge in [0.15, 0.2) is 5.69 Å². The minimum absolute atomic E-state index is 0.398. The molecule has 1 saturated carbocycles. The average Bonchev–Trinajstić information content (AvgIpc) is 2.76. The van der Waals surface area contributed by atoms with Gasteiger partial charge in [0, 0.05) is 11.3 Å². The Labute approximate surface area is 75.5 Å². The molecule has 4 heteroatoms. The van der Waals surface area contributed by atoms with Crippen molar-refractivity contribution >= 4 is 5.91 Å². The minimum Gasteiger partial charge on any atom is -0.364 e. The first-order valence-electron chi connectivity index (χ1n) is 4.64. The number of nitrogens with one attached hydrogen (secondary N) is 1. The lowest BCUT2D eigenvalue weighted by Crippen LogP contribution is -2.14. The molecule has 0 spiro atoms. The van der Waals surface area contributed by atoms with E-state index >= 15 is 0 Å². The molecule has 0 aliphatic heterocycles. The van der Waals surface area contributed by atoms with Crippen molar-refractivity contribution in [2.45, 2.75) is 25.2 Å². The normalized spacial score (nSPS) is 29.2. The molecule has 2 aliphatic carbocycles. The van der Waals surface area contributed by atoms with Crippen LogP contribution in [0.25, 0.3) is 0 Å². The second-order valence-electron chi connectivity index (χ2n) is 3.97. The van der Waals surface area contributed by atoms with Crippen molar-refractivity contribution in [3.8, 4) is 0 Å². The number of rotatable bonds is 1. The summed E-state index contributed by atoms with van der Waals surface area (Å²) in [5.74, 6) is 0.971. The van der Waals surface area contributed by atoms with Crippen LogP contribution in [0.1, 0.15) is 40.5 Å². The Balaban J connectivity index is 2.14. The molecule has 3 N–H and O–H groups in total. The lowest BCUT2D eigenvalue weighted by molar-refractivity contribution is 0.0994. The van der Waals surface area contributed by atoms with Gasteiger partial charge in [0.2, 0.25) is 0 Å². The summed E-state index contributed by atoms with van der Waals surface area (Å²) in [6.07, 6.45) is 3.47. The molecular formula is C9H11N3O. The molecule has 0 saturated heterocycles. The smallest absolute Gasteiger partial charge is 0.269 e. The second-order valence-corrected chi connectivity index (χ2v) is 3.97. The quantitative estimate of drug-likeness (QED) is 0.657. The third kappa shape index (κ3) is 0.855. The minimum atomic E-state index is -0.398. The Bertz CT molecular complexity index is 382. The van der Waals surface area contributed by atoms with E-state index in [1.165, 1.54) is 12.8 Å². The SMILES string of the molecule is NC(=O)c1n[nH]c2c1C1CC1CC2.